The molecule has 0 bridgehead atoms. The second kappa shape index (κ2) is 7.18. The molecule has 1 fully saturated rings. The smallest absolute Gasteiger partial charge is 0.244 e. The first-order valence-electron chi connectivity index (χ1n) is 9.42. The van der Waals surface area contributed by atoms with E-state index in [1.807, 2.05) is 18.7 Å². The van der Waals surface area contributed by atoms with E-state index in [0.717, 1.165) is 29.9 Å². The Labute approximate surface area is 162 Å². The fourth-order valence-electron chi connectivity index (χ4n) is 3.85. The molecule has 1 aliphatic heterocycles. The summed E-state index contributed by atoms with van der Waals surface area (Å²) in [7, 11) is 0. The molecule has 0 spiro atoms. The van der Waals surface area contributed by atoms with Crippen molar-refractivity contribution in [3.63, 3.8) is 0 Å². The number of rotatable bonds is 3. The summed E-state index contributed by atoms with van der Waals surface area (Å²) in [6, 6.07) is 6.31. The number of anilines is 1. The quantitative estimate of drug-likeness (QED) is 0.752. The molecule has 1 saturated heterocycles. The number of fused-ring (bicyclic) bond motifs is 1. The molecule has 0 radical (unpaired) electrons. The van der Waals surface area contributed by atoms with Gasteiger partial charge in [0.15, 0.2) is 0 Å². The zero-order valence-corrected chi connectivity index (χ0v) is 16.0. The Morgan fingerprint density at radius 3 is 2.64 bits per heavy atom. The van der Waals surface area contributed by atoms with E-state index in [2.05, 4.69) is 15.1 Å². The number of amides is 1. The van der Waals surface area contributed by atoms with Gasteiger partial charge >= 0.3 is 0 Å². The molecule has 3 aromatic rings. The van der Waals surface area contributed by atoms with Crippen LogP contribution in [0.25, 0.3) is 10.9 Å². The second-order valence-corrected chi connectivity index (χ2v) is 7.32. The van der Waals surface area contributed by atoms with Crippen molar-refractivity contribution in [1.29, 1.82) is 0 Å². The minimum absolute atomic E-state index is 0.0429. The Morgan fingerprint density at radius 2 is 1.96 bits per heavy atom. The van der Waals surface area contributed by atoms with Gasteiger partial charge in [-0.3, -0.25) is 9.78 Å². The van der Waals surface area contributed by atoms with Crippen molar-refractivity contribution < 1.29 is 9.18 Å². The first-order valence-corrected chi connectivity index (χ1v) is 9.42. The van der Waals surface area contributed by atoms with Crippen LogP contribution in [0.5, 0.6) is 0 Å². The van der Waals surface area contributed by atoms with Gasteiger partial charge in [0.1, 0.15) is 24.0 Å². The predicted molar refractivity (Wildman–Crippen MR) is 104 cm³/mol. The molecule has 0 saturated carbocycles. The molecule has 2 N–H and O–H groups in total. The summed E-state index contributed by atoms with van der Waals surface area (Å²) in [5.41, 5.74) is 8.36. The Hall–Kier alpha value is -3.03. The lowest BCUT2D eigenvalue weighted by molar-refractivity contribution is -0.133. The van der Waals surface area contributed by atoms with Crippen LogP contribution in [-0.4, -0.2) is 43.6 Å². The maximum absolute atomic E-state index is 13.4. The van der Waals surface area contributed by atoms with E-state index in [1.165, 1.54) is 12.1 Å². The molecule has 2 aromatic heterocycles. The summed E-state index contributed by atoms with van der Waals surface area (Å²) in [5, 5.41) is 4.96. The number of nitrogens with two attached hydrogens (primary N) is 1. The third-order valence-electron chi connectivity index (χ3n) is 5.32. The van der Waals surface area contributed by atoms with Gasteiger partial charge < -0.3 is 10.6 Å². The van der Waals surface area contributed by atoms with Gasteiger partial charge in [-0.2, -0.15) is 5.10 Å². The van der Waals surface area contributed by atoms with Crippen molar-refractivity contribution in [2.24, 2.45) is 0 Å². The molecule has 1 amide bonds. The van der Waals surface area contributed by atoms with Crippen LogP contribution in [0.3, 0.4) is 0 Å². The number of aromatic nitrogens is 4. The number of likely N-dealkylation sites (tertiary alicyclic amines) is 1. The van der Waals surface area contributed by atoms with Crippen LogP contribution in [0.4, 0.5) is 10.1 Å². The Balaban J connectivity index is 1.44. The molecule has 8 heteroatoms. The highest BCUT2D eigenvalue weighted by atomic mass is 19.1. The molecule has 28 heavy (non-hydrogen) atoms. The first kappa shape index (κ1) is 18.3. The molecule has 146 valence electrons. The zero-order valence-electron chi connectivity index (χ0n) is 16.0. The summed E-state index contributed by atoms with van der Waals surface area (Å²) < 4.78 is 15.1. The van der Waals surface area contributed by atoms with Gasteiger partial charge in [-0.1, -0.05) is 0 Å². The van der Waals surface area contributed by atoms with Gasteiger partial charge in [-0.05, 0) is 51.0 Å². The Kier molecular flexibility index (Phi) is 4.70. The van der Waals surface area contributed by atoms with E-state index in [9.17, 15) is 9.18 Å². The lowest BCUT2D eigenvalue weighted by Gasteiger charge is -2.32. The predicted octanol–water partition coefficient (Wildman–Crippen LogP) is 2.57. The number of nitrogens with zero attached hydrogens (tertiary/aromatic N) is 5. The van der Waals surface area contributed by atoms with Gasteiger partial charge in [0, 0.05) is 24.4 Å². The molecular weight excluding hydrogens is 359 g/mol. The lowest BCUT2D eigenvalue weighted by Crippen LogP contribution is -2.40. The second-order valence-electron chi connectivity index (χ2n) is 7.32. The SMILES string of the molecule is Cc1nc(C)n(CC(=O)N2CCC(c3nc4ccc(F)cc4cc3N)CC2)n1. The van der Waals surface area contributed by atoms with Gasteiger partial charge in [0.2, 0.25) is 5.91 Å². The van der Waals surface area contributed by atoms with Gasteiger partial charge in [-0.25, -0.2) is 14.1 Å². The monoisotopic (exact) mass is 382 g/mol. The fraction of sp³-hybridized carbons (Fsp3) is 0.400. The molecular formula is C20H23FN6O. The number of pyridine rings is 1. The third-order valence-corrected chi connectivity index (χ3v) is 5.32. The number of hydrogen-bond acceptors (Lipinski definition) is 5. The molecule has 1 aliphatic rings. The average molecular weight is 382 g/mol. The highest BCUT2D eigenvalue weighted by Gasteiger charge is 2.26. The van der Waals surface area contributed by atoms with E-state index < -0.39 is 0 Å². The molecule has 0 unspecified atom stereocenters. The van der Waals surface area contributed by atoms with Crippen molar-refractivity contribution >= 4 is 22.5 Å². The molecule has 0 atom stereocenters. The molecule has 1 aromatic carbocycles. The number of carbonyl (C=O) groups excluding carboxylic acids is 1. The topological polar surface area (TPSA) is 89.9 Å². The highest BCUT2D eigenvalue weighted by Crippen LogP contribution is 2.32. The molecule has 0 aliphatic carbocycles. The van der Waals surface area contributed by atoms with Crippen molar-refractivity contribution in [3.8, 4) is 0 Å². The van der Waals surface area contributed by atoms with Crippen LogP contribution >= 0.6 is 0 Å². The molecule has 7 nitrogen and oxygen atoms in total. The summed E-state index contributed by atoms with van der Waals surface area (Å²) in [6.07, 6.45) is 1.59. The molecule has 4 rings (SSSR count). The molecule has 3 heterocycles. The van der Waals surface area contributed by atoms with Crippen LogP contribution in [0.1, 0.15) is 36.1 Å². The number of hydrogen-bond donors (Lipinski definition) is 1. The van der Waals surface area contributed by atoms with Crippen molar-refractivity contribution in [2.45, 2.75) is 39.2 Å². The summed E-state index contributed by atoms with van der Waals surface area (Å²) in [4.78, 5) is 23.4. The normalized spacial score (nSPS) is 15.3. The maximum Gasteiger partial charge on any atom is 0.244 e. The number of carbonyl (C=O) groups is 1. The standard InChI is InChI=1S/C20H23FN6O/c1-12-23-13(2)27(25-12)11-19(28)26-7-5-14(6-8-26)20-17(22)10-15-9-16(21)3-4-18(15)24-20/h3-4,9-10,14H,5-8,11,22H2,1-2H3. The van der Waals surface area contributed by atoms with Crippen LogP contribution in [0.15, 0.2) is 24.3 Å². The number of benzene rings is 1. The summed E-state index contributed by atoms with van der Waals surface area (Å²) in [5.74, 6) is 1.34. The van der Waals surface area contributed by atoms with Crippen molar-refractivity contribution in [2.75, 3.05) is 18.8 Å². The van der Waals surface area contributed by atoms with Crippen molar-refractivity contribution in [3.05, 3.63) is 47.4 Å². The van der Waals surface area contributed by atoms with E-state index in [1.54, 1.807) is 16.8 Å². The summed E-state index contributed by atoms with van der Waals surface area (Å²) in [6.45, 7) is 5.17. The number of aryl methyl sites for hydroxylation is 2. The minimum atomic E-state index is -0.300. The number of nitrogen functional groups attached to an aromatic ring is 1. The van der Waals surface area contributed by atoms with Crippen LogP contribution < -0.4 is 5.73 Å². The van der Waals surface area contributed by atoms with Crippen molar-refractivity contribution in [1.82, 2.24) is 24.6 Å². The lowest BCUT2D eigenvalue weighted by atomic mass is 9.91. The van der Waals surface area contributed by atoms with Gasteiger partial charge in [0.25, 0.3) is 0 Å². The highest BCUT2D eigenvalue weighted by molar-refractivity contribution is 5.82. The zero-order chi connectivity index (χ0) is 19.8. The third kappa shape index (κ3) is 3.54. The summed E-state index contributed by atoms with van der Waals surface area (Å²) >= 11 is 0. The number of piperidine rings is 1. The van der Waals surface area contributed by atoms with E-state index in [4.69, 9.17) is 5.73 Å². The van der Waals surface area contributed by atoms with Gasteiger partial charge in [0.05, 0.1) is 16.9 Å². The van der Waals surface area contributed by atoms with Crippen LogP contribution in [0, 0.1) is 19.7 Å². The van der Waals surface area contributed by atoms with E-state index in [-0.39, 0.29) is 24.2 Å². The van der Waals surface area contributed by atoms with E-state index >= 15 is 0 Å². The van der Waals surface area contributed by atoms with Crippen LogP contribution in [-0.2, 0) is 11.3 Å². The average Bonchev–Trinajstić information content (AvgIpc) is 2.98. The van der Waals surface area contributed by atoms with E-state index in [0.29, 0.717) is 30.0 Å². The Bertz CT molecular complexity index is 1040. The van der Waals surface area contributed by atoms with Crippen LogP contribution in [0.2, 0.25) is 0 Å². The first-order chi connectivity index (χ1) is 13.4. The van der Waals surface area contributed by atoms with Gasteiger partial charge in [-0.15, -0.1) is 0 Å². The Morgan fingerprint density at radius 1 is 1.21 bits per heavy atom. The number of halogens is 1. The maximum atomic E-state index is 13.4. The minimum Gasteiger partial charge on any atom is -0.397 e. The largest absolute Gasteiger partial charge is 0.397 e. The fourth-order valence-corrected chi connectivity index (χ4v) is 3.85.